The molecule has 1 aliphatic carbocycles. The maximum Gasteiger partial charge on any atom is 0.157 e. The van der Waals surface area contributed by atoms with E-state index in [0.29, 0.717) is 19.0 Å². The van der Waals surface area contributed by atoms with E-state index in [4.69, 9.17) is 0 Å². The first-order valence-electron chi connectivity index (χ1n) is 12.0. The molecule has 4 N–H and O–H groups in total. The predicted molar refractivity (Wildman–Crippen MR) is 134 cm³/mol. The van der Waals surface area contributed by atoms with Crippen molar-refractivity contribution in [2.45, 2.75) is 78.7 Å². The summed E-state index contributed by atoms with van der Waals surface area (Å²) in [7, 11) is 0. The summed E-state index contributed by atoms with van der Waals surface area (Å²) < 4.78 is 0. The summed E-state index contributed by atoms with van der Waals surface area (Å²) in [5.74, 6) is -2.29. The third-order valence-corrected chi connectivity index (χ3v) is 7.59. The number of benzene rings is 1. The van der Waals surface area contributed by atoms with Gasteiger partial charge in [0.25, 0.3) is 0 Å². The van der Waals surface area contributed by atoms with E-state index in [0.717, 1.165) is 24.8 Å². The van der Waals surface area contributed by atoms with Crippen LogP contribution in [0.5, 0.6) is 17.2 Å². The molecule has 6 nitrogen and oxygen atoms in total. The number of aromatic hydroxyl groups is 3. The summed E-state index contributed by atoms with van der Waals surface area (Å²) in [5, 5.41) is 42.8. The highest BCUT2D eigenvalue weighted by Gasteiger charge is 2.44. The quantitative estimate of drug-likeness (QED) is 0.249. The van der Waals surface area contributed by atoms with Gasteiger partial charge in [-0.3, -0.25) is 9.59 Å². The van der Waals surface area contributed by atoms with Crippen LogP contribution in [-0.2, 0) is 0 Å². The molecule has 1 unspecified atom stereocenters. The number of carbonyl (C=O) groups is 2. The Kier molecular flexibility index (Phi) is 8.41. The van der Waals surface area contributed by atoms with Gasteiger partial charge in [-0.25, -0.2) is 0 Å². The van der Waals surface area contributed by atoms with E-state index in [9.17, 15) is 30.0 Å². The van der Waals surface area contributed by atoms with Gasteiger partial charge in [-0.15, -0.1) is 6.58 Å². The molecule has 0 aliphatic heterocycles. The zero-order chi connectivity index (χ0) is 26.0. The molecule has 0 fully saturated rings. The second-order valence-electron chi connectivity index (χ2n) is 11.1. The van der Waals surface area contributed by atoms with Crippen LogP contribution in [0.3, 0.4) is 0 Å². The molecule has 0 bridgehead atoms. The lowest BCUT2D eigenvalue weighted by Crippen LogP contribution is -2.39. The topological polar surface area (TPSA) is 115 Å². The number of carbonyl (C=O) groups excluding carboxylic acids is 2. The highest BCUT2D eigenvalue weighted by molar-refractivity contribution is 5.95. The van der Waals surface area contributed by atoms with Crippen LogP contribution in [0.2, 0.25) is 0 Å². The van der Waals surface area contributed by atoms with Gasteiger partial charge < -0.3 is 20.4 Å². The molecule has 6 heteroatoms. The van der Waals surface area contributed by atoms with Crippen LogP contribution in [0.1, 0.15) is 99.4 Å². The molecule has 188 valence electrons. The Morgan fingerprint density at radius 3 is 2.03 bits per heavy atom. The van der Waals surface area contributed by atoms with E-state index >= 15 is 0 Å². The lowest BCUT2D eigenvalue weighted by Gasteiger charge is -2.46. The molecule has 0 radical (unpaired) electrons. The molecule has 0 amide bonds. The van der Waals surface area contributed by atoms with E-state index in [1.807, 2.05) is 20.8 Å². The van der Waals surface area contributed by atoms with Gasteiger partial charge in [0, 0.05) is 11.5 Å². The summed E-state index contributed by atoms with van der Waals surface area (Å²) >= 11 is 0. The van der Waals surface area contributed by atoms with Gasteiger partial charge in [-0.2, -0.15) is 0 Å². The Bertz CT molecular complexity index is 933. The van der Waals surface area contributed by atoms with Crippen LogP contribution >= 0.6 is 0 Å². The van der Waals surface area contributed by atoms with Crippen LogP contribution < -0.4 is 0 Å². The summed E-state index contributed by atoms with van der Waals surface area (Å²) in [4.78, 5) is 23.4. The maximum absolute atomic E-state index is 11.7. The molecular formula is C28H40O6. The van der Waals surface area contributed by atoms with Crippen molar-refractivity contribution in [2.24, 2.45) is 23.2 Å². The summed E-state index contributed by atoms with van der Waals surface area (Å²) in [5.41, 5.74) is -0.856. The van der Waals surface area contributed by atoms with Gasteiger partial charge in [-0.1, -0.05) is 38.5 Å². The summed E-state index contributed by atoms with van der Waals surface area (Å²) in [6, 6.07) is 0. The van der Waals surface area contributed by atoms with Crippen LogP contribution in [0, 0.1) is 23.2 Å². The number of hydrogen-bond donors (Lipinski definition) is 4. The van der Waals surface area contributed by atoms with E-state index in [1.54, 1.807) is 13.8 Å². The number of phenolic OH excluding ortho intramolecular Hbond substituents is 3. The van der Waals surface area contributed by atoms with Crippen molar-refractivity contribution < 1.29 is 30.0 Å². The van der Waals surface area contributed by atoms with Crippen molar-refractivity contribution in [1.29, 1.82) is 0 Å². The zero-order valence-electron chi connectivity index (χ0n) is 21.3. The normalized spacial score (nSPS) is 22.4. The molecule has 0 spiro atoms. The smallest absolute Gasteiger partial charge is 0.157 e. The molecule has 0 aromatic heterocycles. The highest BCUT2D eigenvalue weighted by atomic mass is 16.3. The minimum absolute atomic E-state index is 0.0127. The molecular weight excluding hydrogens is 432 g/mol. The first-order chi connectivity index (χ1) is 15.7. The number of aldehydes is 2. The summed E-state index contributed by atoms with van der Waals surface area (Å²) in [6.45, 7) is 15.7. The molecule has 1 aromatic rings. The highest BCUT2D eigenvalue weighted by Crippen LogP contribution is 2.56. The molecule has 0 saturated carbocycles. The van der Waals surface area contributed by atoms with Crippen molar-refractivity contribution in [3.05, 3.63) is 41.0 Å². The van der Waals surface area contributed by atoms with Gasteiger partial charge in [0.15, 0.2) is 12.6 Å². The van der Waals surface area contributed by atoms with Gasteiger partial charge in [0.05, 0.1) is 16.7 Å². The average molecular weight is 473 g/mol. The van der Waals surface area contributed by atoms with Gasteiger partial charge >= 0.3 is 0 Å². The third kappa shape index (κ3) is 5.38. The monoisotopic (exact) mass is 472 g/mol. The number of aliphatic hydroxyl groups is 1. The van der Waals surface area contributed by atoms with Crippen LogP contribution in [0.25, 0.3) is 0 Å². The molecule has 1 aromatic carbocycles. The van der Waals surface area contributed by atoms with Crippen molar-refractivity contribution >= 4 is 12.6 Å². The van der Waals surface area contributed by atoms with Crippen molar-refractivity contribution in [1.82, 2.24) is 0 Å². The second-order valence-corrected chi connectivity index (χ2v) is 11.1. The molecule has 0 saturated heterocycles. The fourth-order valence-electron chi connectivity index (χ4n) is 5.51. The van der Waals surface area contributed by atoms with Crippen molar-refractivity contribution in [3.63, 3.8) is 0 Å². The van der Waals surface area contributed by atoms with Gasteiger partial charge in [0.1, 0.15) is 17.2 Å². The summed E-state index contributed by atoms with van der Waals surface area (Å²) in [6.07, 6.45) is 7.78. The Morgan fingerprint density at radius 2 is 1.68 bits per heavy atom. The Balaban J connectivity index is 2.75. The lowest BCUT2D eigenvalue weighted by atomic mass is 9.58. The molecule has 2 rings (SSSR count). The molecule has 34 heavy (non-hydrogen) atoms. The molecule has 4 atom stereocenters. The van der Waals surface area contributed by atoms with E-state index in [1.165, 1.54) is 0 Å². The minimum atomic E-state index is -0.840. The second kappa shape index (κ2) is 10.3. The van der Waals surface area contributed by atoms with Crippen molar-refractivity contribution in [3.8, 4) is 17.2 Å². The Hall–Kier alpha value is -2.60. The predicted octanol–water partition coefficient (Wildman–Crippen LogP) is 5.88. The largest absolute Gasteiger partial charge is 0.507 e. The van der Waals surface area contributed by atoms with Gasteiger partial charge in [-0.05, 0) is 69.6 Å². The van der Waals surface area contributed by atoms with Crippen molar-refractivity contribution in [2.75, 3.05) is 0 Å². The van der Waals surface area contributed by atoms with E-state index in [-0.39, 0.29) is 28.7 Å². The lowest BCUT2D eigenvalue weighted by molar-refractivity contribution is 0.0193. The standard InChI is InChI=1S/C28H40O6/c1-16(2)8-9-21(28(7)12-10-18(11-13-28)27(5,6)34)22(17(3)4)23-25(32)19(14-29)24(31)20(15-30)26(23)33/h10,12,14-15,17-18,21-22,31-34H,1,8-9,11,13H2,2-7H3/t18-,21-,22?,28-/m0/s1. The first kappa shape index (κ1) is 27.6. The number of allylic oxidation sites excluding steroid dienone is 2. The van der Waals surface area contributed by atoms with E-state index in [2.05, 4.69) is 25.7 Å². The van der Waals surface area contributed by atoms with E-state index < -0.39 is 39.9 Å². The van der Waals surface area contributed by atoms with Crippen LogP contribution in [0.4, 0.5) is 0 Å². The molecule has 1 aliphatic rings. The maximum atomic E-state index is 11.7. The van der Waals surface area contributed by atoms with Crippen LogP contribution in [0.15, 0.2) is 24.3 Å². The number of phenols is 3. The fraction of sp³-hybridized carbons (Fsp3) is 0.571. The Morgan fingerprint density at radius 1 is 1.15 bits per heavy atom. The first-order valence-corrected chi connectivity index (χ1v) is 12.0. The molecule has 0 heterocycles. The Labute approximate surface area is 203 Å². The average Bonchev–Trinajstić information content (AvgIpc) is 2.72. The SMILES string of the molecule is C=C(C)CC[C@@H](C(c1c(O)c(C=O)c(O)c(C=O)c1O)C(C)C)[C@@]1(C)C=C[C@H](C(C)(C)O)CC1. The number of rotatable bonds is 10. The minimum Gasteiger partial charge on any atom is -0.507 e. The fourth-order valence-corrected chi connectivity index (χ4v) is 5.51. The third-order valence-electron chi connectivity index (χ3n) is 7.59. The van der Waals surface area contributed by atoms with Gasteiger partial charge in [0.2, 0.25) is 0 Å². The zero-order valence-corrected chi connectivity index (χ0v) is 21.3. The number of hydrogen-bond acceptors (Lipinski definition) is 6. The van der Waals surface area contributed by atoms with Crippen LogP contribution in [-0.4, -0.2) is 38.6 Å².